The lowest BCUT2D eigenvalue weighted by atomic mass is 9.84. The van der Waals surface area contributed by atoms with Gasteiger partial charge in [-0.15, -0.1) is 0 Å². The monoisotopic (exact) mass is 410 g/mol. The third-order valence-electron chi connectivity index (χ3n) is 5.62. The van der Waals surface area contributed by atoms with Gasteiger partial charge in [-0.2, -0.15) is 4.98 Å². The van der Waals surface area contributed by atoms with Gasteiger partial charge in [0.05, 0.1) is 6.54 Å². The quantitative estimate of drug-likeness (QED) is 0.413. The van der Waals surface area contributed by atoms with Gasteiger partial charge >= 0.3 is 6.09 Å². The Hall–Kier alpha value is -2.16. The van der Waals surface area contributed by atoms with Crippen LogP contribution >= 0.6 is 0 Å². The van der Waals surface area contributed by atoms with Crippen molar-refractivity contribution in [3.8, 4) is 0 Å². The summed E-state index contributed by atoms with van der Waals surface area (Å²) in [4.78, 5) is 28.8. The van der Waals surface area contributed by atoms with Gasteiger partial charge in [0.1, 0.15) is 0 Å². The summed E-state index contributed by atoms with van der Waals surface area (Å²) in [5.41, 5.74) is 1.06. The van der Waals surface area contributed by atoms with Crippen LogP contribution in [0.5, 0.6) is 0 Å². The molecule has 0 unspecified atom stereocenters. The maximum atomic E-state index is 11.7. The number of nitrogens with zero attached hydrogens (tertiary/aromatic N) is 3. The Bertz CT molecular complexity index is 664. The van der Waals surface area contributed by atoms with Gasteiger partial charge in [-0.05, 0) is 33.1 Å². The third-order valence-corrected chi connectivity index (χ3v) is 5.62. The van der Waals surface area contributed by atoms with Crippen LogP contribution in [0, 0.1) is 5.92 Å². The number of carbonyl (C=O) groups excluding carboxylic acids is 1. The van der Waals surface area contributed by atoms with E-state index in [4.69, 9.17) is 9.73 Å². The third kappa shape index (κ3) is 7.30. The topological polar surface area (TPSA) is 129 Å². The lowest BCUT2D eigenvalue weighted by molar-refractivity contribution is -0.129. The highest BCUT2D eigenvalue weighted by atomic mass is 16.5. The van der Waals surface area contributed by atoms with E-state index in [1.165, 1.54) is 37.0 Å². The number of hydroxylamine groups is 1. The summed E-state index contributed by atoms with van der Waals surface area (Å²) >= 11 is 0. The fourth-order valence-electron chi connectivity index (χ4n) is 3.94. The molecule has 0 aliphatic heterocycles. The van der Waals surface area contributed by atoms with Gasteiger partial charge in [0.15, 0.2) is 5.82 Å². The Balaban J connectivity index is 2.02. The van der Waals surface area contributed by atoms with E-state index < -0.39 is 17.5 Å². The summed E-state index contributed by atoms with van der Waals surface area (Å²) in [5, 5.41) is 22.3. The standard InChI is InChI=1S/C20H34N4O5/c1-20(2,3)24(19(26)27)13-16-21-18(29-23-16)15(12-17(25)22-28)11-7-10-14-8-5-4-6-9-14/h14-15,28H,4-13H2,1-3H3,(H,22,25)(H,26,27)/t15-/m1/s1. The summed E-state index contributed by atoms with van der Waals surface area (Å²) in [6, 6.07) is 0. The maximum absolute atomic E-state index is 11.7. The molecule has 0 radical (unpaired) electrons. The molecule has 1 aliphatic carbocycles. The van der Waals surface area contributed by atoms with Crippen molar-refractivity contribution >= 4 is 12.0 Å². The van der Waals surface area contributed by atoms with Crippen molar-refractivity contribution in [1.82, 2.24) is 20.5 Å². The van der Waals surface area contributed by atoms with Crippen LogP contribution in [-0.4, -0.2) is 42.9 Å². The summed E-state index contributed by atoms with van der Waals surface area (Å²) < 4.78 is 5.37. The second-order valence-electron chi connectivity index (χ2n) is 8.96. The van der Waals surface area contributed by atoms with E-state index >= 15 is 0 Å². The van der Waals surface area contributed by atoms with Crippen molar-refractivity contribution in [3.05, 3.63) is 11.7 Å². The molecule has 1 aromatic rings. The molecule has 1 aliphatic rings. The zero-order valence-electron chi connectivity index (χ0n) is 17.7. The Morgan fingerprint density at radius 2 is 1.97 bits per heavy atom. The lowest BCUT2D eigenvalue weighted by Crippen LogP contribution is -2.44. The highest BCUT2D eigenvalue weighted by molar-refractivity contribution is 5.75. The number of hydrogen-bond donors (Lipinski definition) is 3. The van der Waals surface area contributed by atoms with Gasteiger partial charge in [0.2, 0.25) is 11.8 Å². The minimum atomic E-state index is -1.06. The first kappa shape index (κ1) is 23.1. The molecular weight excluding hydrogens is 376 g/mol. The molecule has 29 heavy (non-hydrogen) atoms. The van der Waals surface area contributed by atoms with Gasteiger partial charge in [0, 0.05) is 17.9 Å². The molecule has 0 spiro atoms. The van der Waals surface area contributed by atoms with Crippen LogP contribution in [0.25, 0.3) is 0 Å². The van der Waals surface area contributed by atoms with Crippen molar-refractivity contribution in [2.45, 2.75) is 96.6 Å². The second-order valence-corrected chi connectivity index (χ2v) is 8.96. The van der Waals surface area contributed by atoms with E-state index in [0.717, 1.165) is 18.8 Å². The molecule has 0 bridgehead atoms. The molecule has 1 heterocycles. The van der Waals surface area contributed by atoms with Crippen LogP contribution < -0.4 is 5.48 Å². The average molecular weight is 411 g/mol. The predicted octanol–water partition coefficient (Wildman–Crippen LogP) is 4.08. The maximum Gasteiger partial charge on any atom is 0.408 e. The number of carboxylic acid groups (broad SMARTS) is 1. The number of carbonyl (C=O) groups is 2. The normalized spacial score (nSPS) is 16.4. The zero-order chi connectivity index (χ0) is 21.4. The van der Waals surface area contributed by atoms with Crippen LogP contribution in [0.15, 0.2) is 4.52 Å². The molecule has 0 saturated heterocycles. The summed E-state index contributed by atoms with van der Waals surface area (Å²) in [6.07, 6.45) is 8.18. The van der Waals surface area contributed by atoms with E-state index in [2.05, 4.69) is 10.1 Å². The number of nitrogens with one attached hydrogen (secondary N) is 1. The van der Waals surface area contributed by atoms with Gasteiger partial charge in [-0.25, -0.2) is 10.3 Å². The molecule has 9 heteroatoms. The molecule has 164 valence electrons. The molecule has 2 amide bonds. The molecule has 1 atom stereocenters. The highest BCUT2D eigenvalue weighted by Crippen LogP contribution is 2.31. The van der Waals surface area contributed by atoms with E-state index in [-0.39, 0.29) is 24.7 Å². The molecule has 1 aromatic heterocycles. The van der Waals surface area contributed by atoms with E-state index in [1.54, 1.807) is 26.3 Å². The van der Waals surface area contributed by atoms with Gasteiger partial charge in [-0.3, -0.25) is 14.9 Å². The zero-order valence-corrected chi connectivity index (χ0v) is 17.7. The minimum Gasteiger partial charge on any atom is -0.465 e. The first-order valence-electron chi connectivity index (χ1n) is 10.5. The predicted molar refractivity (Wildman–Crippen MR) is 105 cm³/mol. The van der Waals surface area contributed by atoms with Crippen molar-refractivity contribution in [1.29, 1.82) is 0 Å². The Morgan fingerprint density at radius 1 is 1.28 bits per heavy atom. The van der Waals surface area contributed by atoms with Crippen molar-refractivity contribution in [3.63, 3.8) is 0 Å². The first-order chi connectivity index (χ1) is 13.7. The second kappa shape index (κ2) is 10.6. The number of rotatable bonds is 9. The SMILES string of the molecule is CC(C)(C)N(Cc1noc([C@H](CCCC2CCCCC2)CC(=O)NO)n1)C(=O)O. The van der Waals surface area contributed by atoms with Crippen LogP contribution in [0.2, 0.25) is 0 Å². The van der Waals surface area contributed by atoms with Crippen LogP contribution in [-0.2, 0) is 11.3 Å². The van der Waals surface area contributed by atoms with Crippen molar-refractivity contribution in [2.24, 2.45) is 5.92 Å². The van der Waals surface area contributed by atoms with Crippen LogP contribution in [0.4, 0.5) is 4.79 Å². The smallest absolute Gasteiger partial charge is 0.408 e. The van der Waals surface area contributed by atoms with Crippen LogP contribution in [0.3, 0.4) is 0 Å². The van der Waals surface area contributed by atoms with Crippen molar-refractivity contribution < 1.29 is 24.4 Å². The van der Waals surface area contributed by atoms with Gasteiger partial charge < -0.3 is 9.63 Å². The van der Waals surface area contributed by atoms with Gasteiger partial charge in [0.25, 0.3) is 0 Å². The first-order valence-corrected chi connectivity index (χ1v) is 10.5. The Labute approximate surface area is 171 Å². The summed E-state index contributed by atoms with van der Waals surface area (Å²) in [6.45, 7) is 5.38. The van der Waals surface area contributed by atoms with Crippen molar-refractivity contribution in [2.75, 3.05) is 0 Å². The van der Waals surface area contributed by atoms with Crippen LogP contribution in [0.1, 0.15) is 96.2 Å². The van der Waals surface area contributed by atoms with E-state index in [0.29, 0.717) is 12.3 Å². The lowest BCUT2D eigenvalue weighted by Gasteiger charge is -2.31. The molecule has 0 aromatic carbocycles. The molecule has 1 fully saturated rings. The number of hydrogen-bond acceptors (Lipinski definition) is 6. The largest absolute Gasteiger partial charge is 0.465 e. The van der Waals surface area contributed by atoms with E-state index in [9.17, 15) is 14.7 Å². The number of aromatic nitrogens is 2. The Kier molecular flexibility index (Phi) is 8.43. The van der Waals surface area contributed by atoms with Gasteiger partial charge in [-0.1, -0.05) is 50.1 Å². The molecule has 1 saturated carbocycles. The molecule has 2 rings (SSSR count). The highest BCUT2D eigenvalue weighted by Gasteiger charge is 2.29. The fraction of sp³-hybridized carbons (Fsp3) is 0.800. The average Bonchev–Trinajstić information content (AvgIpc) is 3.13. The Morgan fingerprint density at radius 3 is 2.55 bits per heavy atom. The number of amides is 2. The summed E-state index contributed by atoms with van der Waals surface area (Å²) in [7, 11) is 0. The fourth-order valence-corrected chi connectivity index (χ4v) is 3.94. The minimum absolute atomic E-state index is 0.00330. The molecule has 3 N–H and O–H groups in total. The molecule has 9 nitrogen and oxygen atoms in total. The summed E-state index contributed by atoms with van der Waals surface area (Å²) in [5.74, 6) is 0.505. The molecular formula is C20H34N4O5. The van der Waals surface area contributed by atoms with E-state index in [1.807, 2.05) is 0 Å².